The fourth-order valence-corrected chi connectivity index (χ4v) is 6.16. The van der Waals surface area contributed by atoms with Crippen LogP contribution in [-0.2, 0) is 10.3 Å². The number of hydrogen-bond acceptors (Lipinski definition) is 4. The number of likely N-dealkylation sites (tertiary alicyclic amines) is 1. The molecule has 7 heteroatoms. The van der Waals surface area contributed by atoms with Crippen LogP contribution in [0.25, 0.3) is 0 Å². The van der Waals surface area contributed by atoms with Crippen molar-refractivity contribution in [3.8, 4) is 0 Å². The number of carbonyl (C=O) groups excluding carboxylic acids is 1. The first-order chi connectivity index (χ1) is 16.8. The number of rotatable bonds is 11. The van der Waals surface area contributed by atoms with Gasteiger partial charge in [-0.05, 0) is 69.1 Å². The van der Waals surface area contributed by atoms with E-state index in [1.165, 1.54) is 32.1 Å². The average Bonchev–Trinajstić information content (AvgIpc) is 2.86. The molecule has 1 saturated carbocycles. The van der Waals surface area contributed by atoms with E-state index in [0.29, 0.717) is 37.1 Å². The lowest BCUT2D eigenvalue weighted by Gasteiger charge is -2.43. The van der Waals surface area contributed by atoms with Gasteiger partial charge in [-0.2, -0.15) is 0 Å². The van der Waals surface area contributed by atoms with Crippen molar-refractivity contribution in [2.75, 3.05) is 26.8 Å². The SMILES string of the molecule is COCCCCC(O)(c1cccc(Cl)c1)C1CCCN(C(=O)NC(CC2CCCCC2)C(C)N)C1. The zero-order valence-electron chi connectivity index (χ0n) is 21.7. The highest BCUT2D eigenvalue weighted by Gasteiger charge is 2.41. The summed E-state index contributed by atoms with van der Waals surface area (Å²) in [5.41, 5.74) is 6.09. The number of nitrogens with two attached hydrogens (primary N) is 1. The second-order valence-corrected chi connectivity index (χ2v) is 11.3. The normalized spacial score (nSPS) is 22.9. The number of ether oxygens (including phenoxy) is 1. The largest absolute Gasteiger partial charge is 0.385 e. The molecule has 3 rings (SSSR count). The fraction of sp³-hybridized carbons (Fsp3) is 0.750. The summed E-state index contributed by atoms with van der Waals surface area (Å²) in [7, 11) is 1.70. The van der Waals surface area contributed by atoms with Gasteiger partial charge in [0.05, 0.1) is 5.60 Å². The van der Waals surface area contributed by atoms with Crippen molar-refractivity contribution in [1.82, 2.24) is 10.2 Å². The summed E-state index contributed by atoms with van der Waals surface area (Å²) in [6, 6.07) is 7.38. The Bertz CT molecular complexity index is 786. The van der Waals surface area contributed by atoms with Crippen LogP contribution < -0.4 is 11.1 Å². The smallest absolute Gasteiger partial charge is 0.317 e. The topological polar surface area (TPSA) is 87.8 Å². The summed E-state index contributed by atoms with van der Waals surface area (Å²) in [4.78, 5) is 15.2. The molecule has 4 unspecified atom stereocenters. The Morgan fingerprint density at radius 2 is 2.03 bits per heavy atom. The fourth-order valence-electron chi connectivity index (χ4n) is 5.97. The van der Waals surface area contributed by atoms with Gasteiger partial charge in [0.2, 0.25) is 0 Å². The van der Waals surface area contributed by atoms with Gasteiger partial charge >= 0.3 is 6.03 Å². The predicted octanol–water partition coefficient (Wildman–Crippen LogP) is 5.45. The number of urea groups is 1. The van der Waals surface area contributed by atoms with Crippen LogP contribution in [0.1, 0.15) is 83.1 Å². The van der Waals surface area contributed by atoms with Gasteiger partial charge in [0.25, 0.3) is 0 Å². The minimum Gasteiger partial charge on any atom is -0.385 e. The van der Waals surface area contributed by atoms with Crippen LogP contribution in [0.4, 0.5) is 4.79 Å². The van der Waals surface area contributed by atoms with Gasteiger partial charge in [-0.15, -0.1) is 0 Å². The molecule has 1 saturated heterocycles. The first kappa shape index (κ1) is 28.2. The van der Waals surface area contributed by atoms with Crippen LogP contribution in [0.3, 0.4) is 0 Å². The van der Waals surface area contributed by atoms with Crippen LogP contribution in [0.15, 0.2) is 24.3 Å². The predicted molar refractivity (Wildman–Crippen MR) is 143 cm³/mol. The highest BCUT2D eigenvalue weighted by atomic mass is 35.5. The quantitative estimate of drug-likeness (QED) is 0.347. The number of methoxy groups -OCH3 is 1. The zero-order chi connectivity index (χ0) is 25.3. The Kier molecular flexibility index (Phi) is 11.2. The number of aliphatic hydroxyl groups is 1. The van der Waals surface area contributed by atoms with Crippen LogP contribution >= 0.6 is 11.6 Å². The molecular formula is C28H46ClN3O3. The van der Waals surface area contributed by atoms with Crippen molar-refractivity contribution in [2.45, 2.75) is 95.2 Å². The van der Waals surface area contributed by atoms with Gasteiger partial charge in [-0.3, -0.25) is 0 Å². The number of benzene rings is 1. The molecule has 1 aromatic carbocycles. The molecule has 2 aliphatic rings. The number of piperidine rings is 1. The van der Waals surface area contributed by atoms with Crippen LogP contribution in [0.5, 0.6) is 0 Å². The highest BCUT2D eigenvalue weighted by Crippen LogP contribution is 2.40. The Labute approximate surface area is 216 Å². The van der Waals surface area contributed by atoms with E-state index < -0.39 is 5.60 Å². The maximum Gasteiger partial charge on any atom is 0.317 e. The molecule has 35 heavy (non-hydrogen) atoms. The van der Waals surface area contributed by atoms with Crippen molar-refractivity contribution >= 4 is 17.6 Å². The number of amides is 2. The van der Waals surface area contributed by atoms with Crippen molar-refractivity contribution in [1.29, 1.82) is 0 Å². The van der Waals surface area contributed by atoms with Gasteiger partial charge in [0.1, 0.15) is 0 Å². The van der Waals surface area contributed by atoms with E-state index in [-0.39, 0.29) is 24.0 Å². The lowest BCUT2D eigenvalue weighted by Crippen LogP contribution is -2.55. The molecule has 4 atom stereocenters. The summed E-state index contributed by atoms with van der Waals surface area (Å²) in [5.74, 6) is 0.587. The molecule has 0 aromatic heterocycles. The van der Waals surface area contributed by atoms with Gasteiger partial charge in [-0.25, -0.2) is 4.79 Å². The minimum atomic E-state index is -1.04. The zero-order valence-corrected chi connectivity index (χ0v) is 22.4. The number of nitrogens with one attached hydrogen (secondary N) is 1. The summed E-state index contributed by atoms with van der Waals surface area (Å²) < 4.78 is 5.21. The van der Waals surface area contributed by atoms with Crippen LogP contribution in [0, 0.1) is 11.8 Å². The third-order valence-electron chi connectivity index (χ3n) is 8.12. The van der Waals surface area contributed by atoms with E-state index in [1.54, 1.807) is 7.11 Å². The van der Waals surface area contributed by atoms with Crippen molar-refractivity contribution in [2.24, 2.45) is 17.6 Å². The Morgan fingerprint density at radius 1 is 1.26 bits per heavy atom. The van der Waals surface area contributed by atoms with Gasteiger partial charge in [0, 0.05) is 49.8 Å². The number of nitrogens with zero attached hydrogens (tertiary/aromatic N) is 1. The molecule has 2 fully saturated rings. The van der Waals surface area contributed by atoms with Crippen molar-refractivity contribution in [3.63, 3.8) is 0 Å². The third-order valence-corrected chi connectivity index (χ3v) is 8.36. The van der Waals surface area contributed by atoms with E-state index in [4.69, 9.17) is 22.1 Å². The summed E-state index contributed by atoms with van der Waals surface area (Å²) in [6.07, 6.45) is 11.4. The van der Waals surface area contributed by atoms with Gasteiger partial charge in [0.15, 0.2) is 0 Å². The maximum atomic E-state index is 13.4. The first-order valence-corrected chi connectivity index (χ1v) is 14.0. The molecule has 0 spiro atoms. The molecule has 4 N–H and O–H groups in total. The second-order valence-electron chi connectivity index (χ2n) is 10.8. The van der Waals surface area contributed by atoms with E-state index >= 15 is 0 Å². The first-order valence-electron chi connectivity index (χ1n) is 13.6. The number of halogens is 1. The lowest BCUT2D eigenvalue weighted by molar-refractivity contribution is -0.0564. The lowest BCUT2D eigenvalue weighted by atomic mass is 9.74. The molecule has 2 amide bonds. The molecule has 0 radical (unpaired) electrons. The van der Waals surface area contributed by atoms with E-state index in [0.717, 1.165) is 37.7 Å². The summed E-state index contributed by atoms with van der Waals surface area (Å²) in [6.45, 7) is 3.89. The van der Waals surface area contributed by atoms with Crippen LogP contribution in [-0.4, -0.2) is 54.9 Å². The highest BCUT2D eigenvalue weighted by molar-refractivity contribution is 6.30. The van der Waals surface area contributed by atoms with Gasteiger partial charge < -0.3 is 25.8 Å². The summed E-state index contributed by atoms with van der Waals surface area (Å²) >= 11 is 6.30. The third kappa shape index (κ3) is 8.08. The molecular weight excluding hydrogens is 462 g/mol. The molecule has 0 bridgehead atoms. The van der Waals surface area contributed by atoms with E-state index in [1.807, 2.05) is 36.1 Å². The van der Waals surface area contributed by atoms with E-state index in [9.17, 15) is 9.90 Å². The Hall–Kier alpha value is -1.34. The molecule has 1 aliphatic heterocycles. The molecule has 6 nitrogen and oxygen atoms in total. The number of carbonyl (C=O) groups is 1. The van der Waals surface area contributed by atoms with E-state index in [2.05, 4.69) is 5.32 Å². The molecule has 1 aliphatic carbocycles. The molecule has 1 heterocycles. The Morgan fingerprint density at radius 3 is 2.71 bits per heavy atom. The summed E-state index contributed by atoms with van der Waals surface area (Å²) in [5, 5.41) is 15.9. The second kappa shape index (κ2) is 13.8. The number of unbranched alkanes of at least 4 members (excludes halogenated alkanes) is 1. The van der Waals surface area contributed by atoms with Crippen molar-refractivity contribution < 1.29 is 14.6 Å². The monoisotopic (exact) mass is 507 g/mol. The molecule has 198 valence electrons. The number of hydrogen-bond donors (Lipinski definition) is 3. The van der Waals surface area contributed by atoms with Gasteiger partial charge in [-0.1, -0.05) is 55.8 Å². The average molecular weight is 508 g/mol. The molecule has 1 aromatic rings. The minimum absolute atomic E-state index is 0.0214. The maximum absolute atomic E-state index is 13.4. The van der Waals surface area contributed by atoms with Crippen molar-refractivity contribution in [3.05, 3.63) is 34.9 Å². The Balaban J connectivity index is 1.69. The van der Waals surface area contributed by atoms with Crippen LogP contribution in [0.2, 0.25) is 5.02 Å². The standard InChI is InChI=1S/C28H46ClN3O3/c1-21(30)26(18-22-10-4-3-5-11-22)31-27(33)32-16-9-13-24(20-32)28(34,15-6-7-17-35-2)23-12-8-14-25(29)19-23/h8,12,14,19,21-22,24,26,34H,3-7,9-11,13,15-18,20,30H2,1-2H3,(H,31,33).